The quantitative estimate of drug-likeness (QED) is 0.861. The van der Waals surface area contributed by atoms with E-state index in [4.69, 9.17) is 0 Å². The highest BCUT2D eigenvalue weighted by Gasteiger charge is 2.34. The minimum absolute atomic E-state index is 0.494. The van der Waals surface area contributed by atoms with Gasteiger partial charge in [0, 0.05) is 43.5 Å². The first-order valence-corrected chi connectivity index (χ1v) is 7.21. The second-order valence-corrected chi connectivity index (χ2v) is 5.84. The second kappa shape index (κ2) is 5.02. The molecule has 1 aliphatic carbocycles. The molecule has 3 rings (SSSR count). The molecule has 1 saturated heterocycles. The summed E-state index contributed by atoms with van der Waals surface area (Å²) in [6.45, 7) is 4.72. The minimum atomic E-state index is 0.494. The highest BCUT2D eigenvalue weighted by molar-refractivity contribution is 5.11. The molecule has 0 amide bonds. The van der Waals surface area contributed by atoms with E-state index < -0.39 is 0 Å². The fraction of sp³-hybridized carbons (Fsp3) is 0.786. The Kier molecular flexibility index (Phi) is 3.39. The fourth-order valence-electron chi connectivity index (χ4n) is 3.04. The van der Waals surface area contributed by atoms with Crippen molar-refractivity contribution in [2.45, 2.75) is 50.7 Å². The van der Waals surface area contributed by atoms with E-state index in [-0.39, 0.29) is 0 Å². The van der Waals surface area contributed by atoms with Crippen molar-refractivity contribution in [3.63, 3.8) is 0 Å². The Labute approximate surface area is 109 Å². The minimum Gasteiger partial charge on any atom is -0.313 e. The molecule has 1 N–H and O–H groups in total. The molecule has 100 valence electrons. The summed E-state index contributed by atoms with van der Waals surface area (Å²) in [5.74, 6) is 0. The molecule has 2 fully saturated rings. The molecule has 2 aliphatic rings. The van der Waals surface area contributed by atoms with Gasteiger partial charge in [-0.2, -0.15) is 5.10 Å². The molecule has 1 saturated carbocycles. The third-order valence-electron chi connectivity index (χ3n) is 4.31. The summed E-state index contributed by atoms with van der Waals surface area (Å²) in [5.41, 5.74) is 1.35. The normalized spacial score (nSPS) is 25.8. The van der Waals surface area contributed by atoms with Crippen LogP contribution in [0.1, 0.15) is 44.2 Å². The summed E-state index contributed by atoms with van der Waals surface area (Å²) in [5, 5.41) is 7.92. The van der Waals surface area contributed by atoms with Crippen LogP contribution in [0.4, 0.5) is 0 Å². The average molecular weight is 248 g/mol. The van der Waals surface area contributed by atoms with Crippen LogP contribution in [-0.4, -0.2) is 39.9 Å². The Morgan fingerprint density at radius 1 is 1.50 bits per heavy atom. The van der Waals surface area contributed by atoms with E-state index in [0.29, 0.717) is 12.1 Å². The van der Waals surface area contributed by atoms with Gasteiger partial charge in [-0.3, -0.25) is 9.58 Å². The standard InChI is InChI=1S/C14H24N4/c1-11(12-8-16-17(2)9-12)18(14-5-6-14)10-13-4-3-7-15-13/h8-9,11,13-15H,3-7,10H2,1-2H3. The van der Waals surface area contributed by atoms with Gasteiger partial charge in [-0.05, 0) is 39.2 Å². The molecule has 4 heteroatoms. The van der Waals surface area contributed by atoms with E-state index in [1.54, 1.807) is 0 Å². The summed E-state index contributed by atoms with van der Waals surface area (Å²) in [4.78, 5) is 2.68. The number of nitrogens with zero attached hydrogens (tertiary/aromatic N) is 3. The molecule has 0 spiro atoms. The van der Waals surface area contributed by atoms with Crippen LogP contribution < -0.4 is 5.32 Å². The van der Waals surface area contributed by atoms with Crippen LogP contribution in [0.25, 0.3) is 0 Å². The number of hydrogen-bond acceptors (Lipinski definition) is 3. The first-order valence-electron chi connectivity index (χ1n) is 7.21. The van der Waals surface area contributed by atoms with Gasteiger partial charge in [-0.1, -0.05) is 0 Å². The molecule has 1 aromatic heterocycles. The fourth-order valence-corrected chi connectivity index (χ4v) is 3.04. The molecular weight excluding hydrogens is 224 g/mol. The number of rotatable bonds is 5. The molecule has 1 aromatic rings. The maximum Gasteiger partial charge on any atom is 0.0537 e. The van der Waals surface area contributed by atoms with Crippen LogP contribution in [-0.2, 0) is 7.05 Å². The SMILES string of the molecule is CC(c1cnn(C)c1)N(CC1CCCN1)C1CC1. The number of nitrogens with one attached hydrogen (secondary N) is 1. The van der Waals surface area contributed by atoms with E-state index in [0.717, 1.165) is 6.04 Å². The summed E-state index contributed by atoms with van der Waals surface area (Å²) in [7, 11) is 2.00. The van der Waals surface area contributed by atoms with Crippen LogP contribution in [0, 0.1) is 0 Å². The van der Waals surface area contributed by atoms with Gasteiger partial charge in [-0.25, -0.2) is 0 Å². The zero-order valence-electron chi connectivity index (χ0n) is 11.5. The maximum absolute atomic E-state index is 4.31. The van der Waals surface area contributed by atoms with Gasteiger partial charge in [0.15, 0.2) is 0 Å². The van der Waals surface area contributed by atoms with Crippen LogP contribution >= 0.6 is 0 Å². The summed E-state index contributed by atoms with van der Waals surface area (Å²) in [6, 6.07) is 2.00. The Bertz CT molecular complexity index is 390. The lowest BCUT2D eigenvalue weighted by atomic mass is 10.1. The van der Waals surface area contributed by atoms with E-state index in [1.807, 2.05) is 17.9 Å². The zero-order valence-corrected chi connectivity index (χ0v) is 11.5. The van der Waals surface area contributed by atoms with Gasteiger partial charge in [0.05, 0.1) is 6.20 Å². The summed E-state index contributed by atoms with van der Waals surface area (Å²) in [6.07, 6.45) is 9.59. The lowest BCUT2D eigenvalue weighted by Gasteiger charge is -2.31. The molecule has 0 bridgehead atoms. The first-order chi connectivity index (χ1) is 8.74. The Balaban J connectivity index is 1.68. The van der Waals surface area contributed by atoms with Crippen molar-refractivity contribution < 1.29 is 0 Å². The average Bonchev–Trinajstić information content (AvgIpc) is 2.88. The molecule has 4 nitrogen and oxygen atoms in total. The third kappa shape index (κ3) is 2.59. The van der Waals surface area contributed by atoms with Crippen LogP contribution in [0.2, 0.25) is 0 Å². The van der Waals surface area contributed by atoms with Gasteiger partial charge in [0.25, 0.3) is 0 Å². The van der Waals surface area contributed by atoms with Crippen LogP contribution in [0.5, 0.6) is 0 Å². The van der Waals surface area contributed by atoms with E-state index in [9.17, 15) is 0 Å². The van der Waals surface area contributed by atoms with Crippen molar-refractivity contribution in [3.8, 4) is 0 Å². The largest absolute Gasteiger partial charge is 0.313 e. The van der Waals surface area contributed by atoms with Gasteiger partial charge in [0.1, 0.15) is 0 Å². The molecule has 18 heavy (non-hydrogen) atoms. The van der Waals surface area contributed by atoms with Gasteiger partial charge in [0.2, 0.25) is 0 Å². The first kappa shape index (κ1) is 12.2. The van der Waals surface area contributed by atoms with Crippen LogP contribution in [0.3, 0.4) is 0 Å². The molecule has 0 aromatic carbocycles. The topological polar surface area (TPSA) is 33.1 Å². The summed E-state index contributed by atoms with van der Waals surface area (Å²) >= 11 is 0. The number of hydrogen-bond donors (Lipinski definition) is 1. The highest BCUT2D eigenvalue weighted by atomic mass is 15.3. The van der Waals surface area contributed by atoms with Crippen molar-refractivity contribution >= 4 is 0 Å². The van der Waals surface area contributed by atoms with Crippen molar-refractivity contribution in [2.24, 2.45) is 7.05 Å². The Hall–Kier alpha value is -0.870. The lowest BCUT2D eigenvalue weighted by Crippen LogP contribution is -2.40. The Morgan fingerprint density at radius 2 is 2.33 bits per heavy atom. The summed E-state index contributed by atoms with van der Waals surface area (Å²) < 4.78 is 1.91. The molecule has 2 heterocycles. The zero-order chi connectivity index (χ0) is 12.5. The molecule has 0 radical (unpaired) electrons. The predicted octanol–water partition coefficient (Wildman–Crippen LogP) is 1.70. The molecular formula is C14H24N4. The monoisotopic (exact) mass is 248 g/mol. The van der Waals surface area contributed by atoms with Crippen molar-refractivity contribution in [2.75, 3.05) is 13.1 Å². The highest BCUT2D eigenvalue weighted by Crippen LogP contribution is 2.34. The molecule has 2 atom stereocenters. The van der Waals surface area contributed by atoms with E-state index in [2.05, 4.69) is 28.4 Å². The van der Waals surface area contributed by atoms with Gasteiger partial charge in [-0.15, -0.1) is 0 Å². The van der Waals surface area contributed by atoms with Gasteiger partial charge >= 0.3 is 0 Å². The third-order valence-corrected chi connectivity index (χ3v) is 4.31. The lowest BCUT2D eigenvalue weighted by molar-refractivity contribution is 0.182. The number of aryl methyl sites for hydroxylation is 1. The Morgan fingerprint density at radius 3 is 2.89 bits per heavy atom. The molecule has 1 aliphatic heterocycles. The smallest absolute Gasteiger partial charge is 0.0537 e. The van der Waals surface area contributed by atoms with E-state index in [1.165, 1.54) is 44.3 Å². The number of aromatic nitrogens is 2. The van der Waals surface area contributed by atoms with Gasteiger partial charge < -0.3 is 5.32 Å². The van der Waals surface area contributed by atoms with Crippen molar-refractivity contribution in [1.82, 2.24) is 20.0 Å². The van der Waals surface area contributed by atoms with Crippen molar-refractivity contribution in [3.05, 3.63) is 18.0 Å². The van der Waals surface area contributed by atoms with E-state index >= 15 is 0 Å². The van der Waals surface area contributed by atoms with Crippen LogP contribution in [0.15, 0.2) is 12.4 Å². The predicted molar refractivity (Wildman–Crippen MR) is 72.4 cm³/mol. The van der Waals surface area contributed by atoms with Crippen molar-refractivity contribution in [1.29, 1.82) is 0 Å². The second-order valence-electron chi connectivity index (χ2n) is 5.84. The maximum atomic E-state index is 4.31. The molecule has 2 unspecified atom stereocenters.